The Morgan fingerprint density at radius 3 is 2.53 bits per heavy atom. The molecule has 0 saturated heterocycles. The van der Waals surface area contributed by atoms with Crippen LogP contribution in [0, 0.1) is 0 Å². The Balaban J connectivity index is 2.36. The number of hydrogen-bond donors (Lipinski definition) is 1. The van der Waals surface area contributed by atoms with Crippen molar-refractivity contribution in [2.24, 2.45) is 0 Å². The van der Waals surface area contributed by atoms with Gasteiger partial charge in [-0.05, 0) is 39.3 Å². The molecule has 0 aliphatic heterocycles. The molecule has 0 aliphatic carbocycles. The van der Waals surface area contributed by atoms with Gasteiger partial charge in [-0.1, -0.05) is 19.8 Å². The van der Waals surface area contributed by atoms with E-state index in [1.54, 1.807) is 0 Å². The van der Waals surface area contributed by atoms with Crippen LogP contribution in [-0.4, -0.2) is 15.5 Å². The van der Waals surface area contributed by atoms with Gasteiger partial charge in [0.1, 0.15) is 11.5 Å². The van der Waals surface area contributed by atoms with E-state index in [4.69, 9.17) is 4.42 Å². The predicted molar refractivity (Wildman–Crippen MR) is 81.5 cm³/mol. The first-order chi connectivity index (χ1) is 8.90. The van der Waals surface area contributed by atoms with Crippen LogP contribution in [0.3, 0.4) is 0 Å². The van der Waals surface area contributed by atoms with Crippen molar-refractivity contribution in [3.63, 3.8) is 0 Å². The summed E-state index contributed by atoms with van der Waals surface area (Å²) in [4.78, 5) is 0. The molecule has 0 spiro atoms. The second-order valence-corrected chi connectivity index (χ2v) is 7.54. The third-order valence-corrected chi connectivity index (χ3v) is 4.14. The van der Waals surface area contributed by atoms with Gasteiger partial charge in [-0.25, -0.2) is 0 Å². The van der Waals surface area contributed by atoms with Crippen molar-refractivity contribution in [2.45, 2.75) is 64.8 Å². The summed E-state index contributed by atoms with van der Waals surface area (Å²) in [6, 6.07) is 3.91. The maximum Gasteiger partial charge on any atom is 0.118 e. The Morgan fingerprint density at radius 1 is 1.21 bits per heavy atom. The Hall–Kier alpha value is -0.610. The standard InChI is InChI=1S/C15H27NO2S/c1-5-6-7-10-19(17)12-14-9-8-13(18-14)11-16-15(2,3)4/h8-9,16H,5-7,10-12H2,1-4H3. The zero-order valence-corrected chi connectivity index (χ0v) is 13.4. The van der Waals surface area contributed by atoms with Crippen molar-refractivity contribution < 1.29 is 8.63 Å². The van der Waals surface area contributed by atoms with Crippen molar-refractivity contribution in [3.05, 3.63) is 23.7 Å². The van der Waals surface area contributed by atoms with E-state index < -0.39 is 10.8 Å². The summed E-state index contributed by atoms with van der Waals surface area (Å²) in [5.74, 6) is 3.07. The highest BCUT2D eigenvalue weighted by Gasteiger charge is 2.11. The van der Waals surface area contributed by atoms with E-state index in [1.165, 1.54) is 6.42 Å². The highest BCUT2D eigenvalue weighted by molar-refractivity contribution is 7.84. The van der Waals surface area contributed by atoms with Gasteiger partial charge in [0.05, 0.1) is 12.3 Å². The first-order valence-corrected chi connectivity index (χ1v) is 8.57. The van der Waals surface area contributed by atoms with E-state index in [0.29, 0.717) is 12.3 Å². The van der Waals surface area contributed by atoms with Crippen molar-refractivity contribution in [1.29, 1.82) is 0 Å². The van der Waals surface area contributed by atoms with Crippen molar-refractivity contribution >= 4 is 10.8 Å². The average Bonchev–Trinajstić information content (AvgIpc) is 2.73. The molecule has 3 nitrogen and oxygen atoms in total. The van der Waals surface area contributed by atoms with Gasteiger partial charge in [0.15, 0.2) is 0 Å². The maximum atomic E-state index is 11.8. The minimum Gasteiger partial charge on any atom is -0.464 e. The third kappa shape index (κ3) is 7.53. The van der Waals surface area contributed by atoms with Gasteiger partial charge in [-0.3, -0.25) is 4.21 Å². The SMILES string of the molecule is CCCCCS(=O)Cc1ccc(CNC(C)(C)C)o1. The fourth-order valence-electron chi connectivity index (χ4n) is 1.69. The van der Waals surface area contributed by atoms with Gasteiger partial charge in [0, 0.05) is 22.1 Å². The van der Waals surface area contributed by atoms with Crippen LogP contribution in [0.2, 0.25) is 0 Å². The largest absolute Gasteiger partial charge is 0.464 e. The minimum absolute atomic E-state index is 0.0793. The molecule has 1 aromatic heterocycles. The highest BCUT2D eigenvalue weighted by atomic mass is 32.2. The second kappa shape index (κ2) is 7.85. The van der Waals surface area contributed by atoms with Gasteiger partial charge in [-0.15, -0.1) is 0 Å². The molecule has 1 atom stereocenters. The topological polar surface area (TPSA) is 42.2 Å². The van der Waals surface area contributed by atoms with E-state index in [0.717, 1.165) is 30.1 Å². The fraction of sp³-hybridized carbons (Fsp3) is 0.733. The molecular weight excluding hydrogens is 258 g/mol. The van der Waals surface area contributed by atoms with Crippen LogP contribution in [-0.2, 0) is 23.1 Å². The van der Waals surface area contributed by atoms with E-state index in [9.17, 15) is 4.21 Å². The lowest BCUT2D eigenvalue weighted by atomic mass is 10.1. The monoisotopic (exact) mass is 285 g/mol. The lowest BCUT2D eigenvalue weighted by molar-refractivity contribution is 0.382. The van der Waals surface area contributed by atoms with Gasteiger partial charge in [0.2, 0.25) is 0 Å². The molecule has 0 amide bonds. The normalized spacial score (nSPS) is 13.7. The number of hydrogen-bond acceptors (Lipinski definition) is 3. The maximum absolute atomic E-state index is 11.8. The van der Waals surface area contributed by atoms with Gasteiger partial charge < -0.3 is 9.73 Å². The van der Waals surface area contributed by atoms with Crippen LogP contribution in [0.4, 0.5) is 0 Å². The Kier molecular flexibility index (Phi) is 6.80. The molecule has 19 heavy (non-hydrogen) atoms. The van der Waals surface area contributed by atoms with Gasteiger partial charge >= 0.3 is 0 Å². The lowest BCUT2D eigenvalue weighted by Gasteiger charge is -2.19. The molecule has 4 heteroatoms. The van der Waals surface area contributed by atoms with Crippen LogP contribution in [0.5, 0.6) is 0 Å². The molecule has 1 N–H and O–H groups in total. The van der Waals surface area contributed by atoms with Crippen LogP contribution in [0.15, 0.2) is 16.5 Å². The molecule has 110 valence electrons. The summed E-state index contributed by atoms with van der Waals surface area (Å²) in [7, 11) is -0.794. The summed E-state index contributed by atoms with van der Waals surface area (Å²) < 4.78 is 17.5. The van der Waals surface area contributed by atoms with Crippen molar-refractivity contribution in [3.8, 4) is 0 Å². The molecule has 0 aliphatic rings. The van der Waals surface area contributed by atoms with Gasteiger partial charge in [0.25, 0.3) is 0 Å². The fourth-order valence-corrected chi connectivity index (χ4v) is 2.83. The molecule has 0 bridgehead atoms. The van der Waals surface area contributed by atoms with Crippen LogP contribution in [0.25, 0.3) is 0 Å². The van der Waals surface area contributed by atoms with Crippen LogP contribution < -0.4 is 5.32 Å². The minimum atomic E-state index is -0.794. The molecular formula is C15H27NO2S. The van der Waals surface area contributed by atoms with Crippen molar-refractivity contribution in [1.82, 2.24) is 5.32 Å². The Labute approximate surface area is 119 Å². The van der Waals surface area contributed by atoms with Gasteiger partial charge in [-0.2, -0.15) is 0 Å². The third-order valence-electron chi connectivity index (χ3n) is 2.79. The lowest BCUT2D eigenvalue weighted by Crippen LogP contribution is -2.34. The molecule has 1 aromatic rings. The molecule has 0 saturated carbocycles. The quantitative estimate of drug-likeness (QED) is 0.742. The number of rotatable bonds is 8. The predicted octanol–water partition coefficient (Wildman–Crippen LogP) is 3.61. The summed E-state index contributed by atoms with van der Waals surface area (Å²) >= 11 is 0. The first-order valence-electron chi connectivity index (χ1n) is 7.08. The second-order valence-electron chi connectivity index (χ2n) is 5.97. The molecule has 1 unspecified atom stereocenters. The average molecular weight is 285 g/mol. The summed E-state index contributed by atoms with van der Waals surface area (Å²) in [6.45, 7) is 9.24. The Bertz CT molecular complexity index is 393. The zero-order valence-electron chi connectivity index (χ0n) is 12.6. The van der Waals surface area contributed by atoms with Crippen LogP contribution in [0.1, 0.15) is 58.5 Å². The summed E-state index contributed by atoms with van der Waals surface area (Å²) in [5, 5.41) is 3.38. The number of furan rings is 1. The van der Waals surface area contributed by atoms with E-state index in [2.05, 4.69) is 33.0 Å². The number of nitrogens with one attached hydrogen (secondary N) is 1. The van der Waals surface area contributed by atoms with E-state index in [-0.39, 0.29) is 5.54 Å². The zero-order chi connectivity index (χ0) is 14.3. The first kappa shape index (κ1) is 16.4. The summed E-state index contributed by atoms with van der Waals surface area (Å²) in [6.07, 6.45) is 3.37. The smallest absolute Gasteiger partial charge is 0.118 e. The van der Waals surface area contributed by atoms with E-state index in [1.807, 2.05) is 12.1 Å². The molecule has 0 aromatic carbocycles. The van der Waals surface area contributed by atoms with E-state index >= 15 is 0 Å². The molecule has 1 rings (SSSR count). The van der Waals surface area contributed by atoms with Crippen molar-refractivity contribution in [2.75, 3.05) is 5.75 Å². The molecule has 0 fully saturated rings. The molecule has 0 radical (unpaired) electrons. The Morgan fingerprint density at radius 2 is 1.89 bits per heavy atom. The summed E-state index contributed by atoms with van der Waals surface area (Å²) in [5.41, 5.74) is 0.0793. The molecule has 1 heterocycles. The highest BCUT2D eigenvalue weighted by Crippen LogP contribution is 2.12. The van der Waals surface area contributed by atoms with Crippen LogP contribution >= 0.6 is 0 Å². The number of unbranched alkanes of at least 4 members (excludes halogenated alkanes) is 2.